The van der Waals surface area contributed by atoms with Crippen LogP contribution in [0.4, 0.5) is 0 Å². The fourth-order valence-corrected chi connectivity index (χ4v) is 5.02. The predicted molar refractivity (Wildman–Crippen MR) is 141 cm³/mol. The van der Waals surface area contributed by atoms with Gasteiger partial charge in [-0.05, 0) is 63.1 Å². The van der Waals surface area contributed by atoms with Crippen LogP contribution in [0.2, 0.25) is 5.02 Å². The highest BCUT2D eigenvalue weighted by molar-refractivity contribution is 6.34. The minimum atomic E-state index is -0.428. The number of halogens is 1. The first-order chi connectivity index (χ1) is 17.3. The molecular formula is C27H34ClN3O5. The summed E-state index contributed by atoms with van der Waals surface area (Å²) in [4.78, 5) is 27.7. The number of nitrogens with one attached hydrogen (secondary N) is 1. The van der Waals surface area contributed by atoms with E-state index < -0.39 is 5.76 Å². The van der Waals surface area contributed by atoms with E-state index in [1.54, 1.807) is 32.4 Å². The van der Waals surface area contributed by atoms with Crippen LogP contribution in [0.3, 0.4) is 0 Å². The Morgan fingerprint density at radius 2 is 2.08 bits per heavy atom. The molecule has 0 spiro atoms. The van der Waals surface area contributed by atoms with Crippen molar-refractivity contribution in [2.45, 2.75) is 45.2 Å². The van der Waals surface area contributed by atoms with E-state index in [1.165, 1.54) is 4.57 Å². The third kappa shape index (κ3) is 5.45. The molecule has 1 saturated heterocycles. The van der Waals surface area contributed by atoms with E-state index in [0.29, 0.717) is 47.1 Å². The molecule has 0 saturated carbocycles. The fraction of sp³-hybridized carbons (Fsp3) is 0.481. The van der Waals surface area contributed by atoms with Gasteiger partial charge < -0.3 is 24.1 Å². The molecule has 4 rings (SSSR count). The van der Waals surface area contributed by atoms with Crippen molar-refractivity contribution >= 4 is 28.6 Å². The number of carbonyl (C=O) groups excluding carboxylic acids is 1. The molecule has 1 amide bonds. The maximum absolute atomic E-state index is 13.8. The Morgan fingerprint density at radius 3 is 2.78 bits per heavy atom. The molecule has 1 aliphatic heterocycles. The first-order valence-corrected chi connectivity index (χ1v) is 12.8. The number of carbonyl (C=O) groups is 1. The number of amides is 1. The number of ether oxygens (including phenoxy) is 2. The second-order valence-corrected chi connectivity index (χ2v) is 9.85. The summed E-state index contributed by atoms with van der Waals surface area (Å²) in [5.41, 5.74) is 3.12. The van der Waals surface area contributed by atoms with Crippen LogP contribution in [-0.2, 0) is 11.8 Å². The van der Waals surface area contributed by atoms with Gasteiger partial charge in [-0.3, -0.25) is 9.36 Å². The van der Waals surface area contributed by atoms with Crippen molar-refractivity contribution in [2.24, 2.45) is 7.05 Å². The van der Waals surface area contributed by atoms with Gasteiger partial charge in [0, 0.05) is 51.4 Å². The lowest BCUT2D eigenvalue weighted by atomic mass is 9.99. The van der Waals surface area contributed by atoms with Crippen molar-refractivity contribution in [3.05, 3.63) is 51.5 Å². The van der Waals surface area contributed by atoms with Gasteiger partial charge in [-0.1, -0.05) is 17.7 Å². The highest BCUT2D eigenvalue weighted by Crippen LogP contribution is 2.37. The molecule has 194 valence electrons. The quantitative estimate of drug-likeness (QED) is 0.423. The van der Waals surface area contributed by atoms with E-state index in [0.717, 1.165) is 37.1 Å². The van der Waals surface area contributed by atoms with Crippen molar-refractivity contribution in [1.82, 2.24) is 14.8 Å². The Morgan fingerprint density at radius 1 is 1.28 bits per heavy atom. The van der Waals surface area contributed by atoms with Crippen LogP contribution < -0.4 is 15.8 Å². The summed E-state index contributed by atoms with van der Waals surface area (Å²) < 4.78 is 18.0. The van der Waals surface area contributed by atoms with E-state index in [-0.39, 0.29) is 18.0 Å². The zero-order valence-corrected chi connectivity index (χ0v) is 22.1. The summed E-state index contributed by atoms with van der Waals surface area (Å²) in [5.74, 6) is 0.0185. The number of hydrogen-bond donors (Lipinski definition) is 1. The third-order valence-corrected chi connectivity index (χ3v) is 6.92. The van der Waals surface area contributed by atoms with E-state index in [4.69, 9.17) is 25.5 Å². The number of fused-ring (bicyclic) bond motifs is 1. The predicted octanol–water partition coefficient (Wildman–Crippen LogP) is 4.47. The molecule has 0 aliphatic carbocycles. The van der Waals surface area contributed by atoms with Crippen LogP contribution in [0.15, 0.2) is 39.5 Å². The fourth-order valence-electron chi connectivity index (χ4n) is 4.77. The number of piperidine rings is 1. The lowest BCUT2D eigenvalue weighted by Gasteiger charge is -2.38. The summed E-state index contributed by atoms with van der Waals surface area (Å²) in [6, 6.07) is 9.13. The topological polar surface area (TPSA) is 85.9 Å². The first-order valence-electron chi connectivity index (χ1n) is 12.4. The average molecular weight is 516 g/mol. The number of oxazole rings is 1. The molecule has 0 bridgehead atoms. The number of nitrogens with zero attached hydrogens (tertiary/aromatic N) is 2. The van der Waals surface area contributed by atoms with Crippen LogP contribution in [-0.4, -0.2) is 60.9 Å². The first kappa shape index (κ1) is 26.3. The molecule has 2 heterocycles. The van der Waals surface area contributed by atoms with Crippen LogP contribution in [0.25, 0.3) is 22.2 Å². The summed E-state index contributed by atoms with van der Waals surface area (Å²) in [6.07, 6.45) is 2.68. The molecule has 36 heavy (non-hydrogen) atoms. The molecular weight excluding hydrogens is 482 g/mol. The van der Waals surface area contributed by atoms with Gasteiger partial charge >= 0.3 is 5.76 Å². The Bertz CT molecular complexity index is 1280. The monoisotopic (exact) mass is 515 g/mol. The van der Waals surface area contributed by atoms with E-state index in [9.17, 15) is 9.59 Å². The number of methoxy groups -OCH3 is 1. The van der Waals surface area contributed by atoms with Crippen LogP contribution in [0, 0.1) is 0 Å². The molecule has 0 radical (unpaired) electrons. The van der Waals surface area contributed by atoms with Gasteiger partial charge in [0.25, 0.3) is 5.91 Å². The molecule has 1 fully saturated rings. The minimum Gasteiger partial charge on any atom is -0.493 e. The standard InChI is InChI=1S/C27H34ClN3O5/c1-17(2)31(19-7-5-10-29-16-19)26(32)21-15-25(35-12-6-11-34-4)20(14-22(21)28)18-8-9-24-23(13-18)30(3)27(33)36-24/h8-9,13-15,17,19,29H,5-7,10-12,16H2,1-4H3/t19-/m1/s1. The molecule has 1 aliphatic rings. The zero-order chi connectivity index (χ0) is 25.8. The van der Waals surface area contributed by atoms with Crippen molar-refractivity contribution in [2.75, 3.05) is 33.4 Å². The Balaban J connectivity index is 1.76. The number of hydrogen-bond acceptors (Lipinski definition) is 6. The van der Waals surface area contributed by atoms with Gasteiger partial charge in [0.05, 0.1) is 22.7 Å². The summed E-state index contributed by atoms with van der Waals surface area (Å²) >= 11 is 6.76. The molecule has 0 unspecified atom stereocenters. The summed E-state index contributed by atoms with van der Waals surface area (Å²) in [7, 11) is 3.31. The lowest BCUT2D eigenvalue weighted by molar-refractivity contribution is 0.0573. The zero-order valence-electron chi connectivity index (χ0n) is 21.3. The number of aromatic nitrogens is 1. The van der Waals surface area contributed by atoms with Gasteiger partial charge in [0.15, 0.2) is 5.58 Å². The Labute approximate surface area is 216 Å². The molecule has 9 heteroatoms. The molecule has 2 aromatic carbocycles. The maximum atomic E-state index is 13.8. The van der Waals surface area contributed by atoms with Gasteiger partial charge in [-0.15, -0.1) is 0 Å². The van der Waals surface area contributed by atoms with E-state index >= 15 is 0 Å². The van der Waals surface area contributed by atoms with Crippen molar-refractivity contribution in [1.29, 1.82) is 0 Å². The third-order valence-electron chi connectivity index (χ3n) is 6.61. The van der Waals surface area contributed by atoms with Crippen LogP contribution in [0.5, 0.6) is 5.75 Å². The number of benzene rings is 2. The minimum absolute atomic E-state index is 0.0222. The maximum Gasteiger partial charge on any atom is 0.419 e. The second kappa shape index (κ2) is 11.5. The lowest BCUT2D eigenvalue weighted by Crippen LogP contribution is -2.51. The largest absolute Gasteiger partial charge is 0.493 e. The van der Waals surface area contributed by atoms with Crippen molar-refractivity contribution < 1.29 is 18.7 Å². The molecule has 1 N–H and O–H groups in total. The van der Waals surface area contributed by atoms with E-state index in [2.05, 4.69) is 5.32 Å². The number of aryl methyl sites for hydroxylation is 1. The van der Waals surface area contributed by atoms with Crippen molar-refractivity contribution in [3.63, 3.8) is 0 Å². The summed E-state index contributed by atoms with van der Waals surface area (Å²) in [6.45, 7) is 6.78. The highest BCUT2D eigenvalue weighted by atomic mass is 35.5. The Hall–Kier alpha value is -2.81. The second-order valence-electron chi connectivity index (χ2n) is 9.44. The normalized spacial score (nSPS) is 16.0. The van der Waals surface area contributed by atoms with Crippen LogP contribution in [0.1, 0.15) is 43.5 Å². The number of rotatable bonds is 9. The highest BCUT2D eigenvalue weighted by Gasteiger charge is 2.30. The van der Waals surface area contributed by atoms with Crippen molar-refractivity contribution in [3.8, 4) is 16.9 Å². The molecule has 1 aromatic heterocycles. The van der Waals surface area contributed by atoms with Gasteiger partial charge in [-0.25, -0.2) is 4.79 Å². The molecule has 1 atom stereocenters. The van der Waals surface area contributed by atoms with Gasteiger partial charge in [0.1, 0.15) is 5.75 Å². The molecule has 3 aromatic rings. The van der Waals surface area contributed by atoms with Gasteiger partial charge in [-0.2, -0.15) is 0 Å². The summed E-state index contributed by atoms with van der Waals surface area (Å²) in [5, 5.41) is 3.75. The average Bonchev–Trinajstić information content (AvgIpc) is 3.15. The Kier molecular flexibility index (Phi) is 8.39. The molecule has 8 nitrogen and oxygen atoms in total. The smallest absolute Gasteiger partial charge is 0.419 e. The van der Waals surface area contributed by atoms with Gasteiger partial charge in [0.2, 0.25) is 0 Å². The van der Waals surface area contributed by atoms with E-state index in [1.807, 2.05) is 30.9 Å². The SMILES string of the molecule is COCCCOc1cc(C(=O)N(C(C)C)[C@@H]2CCCNC2)c(Cl)cc1-c1ccc2oc(=O)n(C)c2c1. The van der Waals surface area contributed by atoms with Crippen LogP contribution >= 0.6 is 11.6 Å².